The predicted octanol–water partition coefficient (Wildman–Crippen LogP) is 4.32. The van der Waals surface area contributed by atoms with Gasteiger partial charge >= 0.3 is 0 Å². The minimum Gasteiger partial charge on any atom is -0.410 e. The zero-order valence-corrected chi connectivity index (χ0v) is 40.2. The summed E-state index contributed by atoms with van der Waals surface area (Å²) in [5.74, 6) is -2.18. The van der Waals surface area contributed by atoms with Crippen molar-refractivity contribution < 1.29 is 76.4 Å². The number of nitrogens with zero attached hydrogens (tertiary/aromatic N) is 1. The lowest BCUT2D eigenvalue weighted by atomic mass is 9.78. The molecule has 4 aromatic rings. The molecule has 3 saturated heterocycles. The Bertz CT molecular complexity index is 2440. The largest absolute Gasteiger partial charge is 0.410 e. The maximum atomic E-state index is 14.0. The van der Waals surface area contributed by atoms with E-state index in [1.54, 1.807) is 41.3 Å². The van der Waals surface area contributed by atoms with Crippen molar-refractivity contribution in [1.29, 1.82) is 0 Å². The molecule has 7 rings (SSSR count). The summed E-state index contributed by atoms with van der Waals surface area (Å²) < 4.78 is 78.9. The molecule has 7 N–H and O–H groups in total. The summed E-state index contributed by atoms with van der Waals surface area (Å²) in [6.45, 7) is 9.15. The molecule has 0 bridgehead atoms. The lowest BCUT2D eigenvalue weighted by Crippen LogP contribution is -2.65. The fraction of sp³-hybridized carbons (Fsp3) is 0.490. The highest BCUT2D eigenvalue weighted by Crippen LogP contribution is 2.48. The molecule has 68 heavy (non-hydrogen) atoms. The second-order valence-electron chi connectivity index (χ2n) is 19.3. The van der Waals surface area contributed by atoms with Gasteiger partial charge in [0.15, 0.2) is 24.4 Å². The van der Waals surface area contributed by atoms with Gasteiger partial charge in [-0.3, -0.25) is 4.79 Å². The van der Waals surface area contributed by atoms with Gasteiger partial charge in [0, 0.05) is 5.69 Å². The second kappa shape index (κ2) is 20.7. The molecule has 0 saturated carbocycles. The number of amides is 1. The SMILES string of the molecule is CC(C)(C)[Si](C)(C)O[C@H](CC[C@H]1C(=O)N(c2ccc(F)cc2)[C@@H]1c1ccc(-c2ccc(S(=O)(=O)CC3OC(CO)[C@H](OC4OC(CO)[C@H](O)[C@H](O)[C@H]4O)[C@H](O)[C@H]3O)cc2)cc1)c1ccc(F)cc1. The van der Waals surface area contributed by atoms with Crippen LogP contribution >= 0.6 is 0 Å². The quantitative estimate of drug-likeness (QED) is 0.0613. The summed E-state index contributed by atoms with van der Waals surface area (Å²) in [6, 6.07) is 25.1. The molecule has 1 amide bonds. The number of sulfone groups is 1. The van der Waals surface area contributed by atoms with Gasteiger partial charge in [0.05, 0.1) is 41.9 Å². The van der Waals surface area contributed by atoms with Crippen molar-refractivity contribution in [3.05, 3.63) is 120 Å². The molecule has 13 atom stereocenters. The van der Waals surface area contributed by atoms with Crippen molar-refractivity contribution in [3.63, 3.8) is 0 Å². The van der Waals surface area contributed by atoms with E-state index >= 15 is 0 Å². The Hall–Kier alpha value is -4.06. The topological polar surface area (TPSA) is 233 Å². The summed E-state index contributed by atoms with van der Waals surface area (Å²) in [4.78, 5) is 15.6. The van der Waals surface area contributed by atoms with Gasteiger partial charge in [-0.2, -0.15) is 0 Å². The highest BCUT2D eigenvalue weighted by molar-refractivity contribution is 7.91. The average Bonchev–Trinajstić information content (AvgIpc) is 3.30. The van der Waals surface area contributed by atoms with Crippen LogP contribution in [0.1, 0.15) is 56.9 Å². The molecule has 3 fully saturated rings. The zero-order valence-electron chi connectivity index (χ0n) is 38.4. The van der Waals surface area contributed by atoms with Crippen LogP contribution in [0.3, 0.4) is 0 Å². The minimum absolute atomic E-state index is 0.105. The lowest BCUT2D eigenvalue weighted by molar-refractivity contribution is -0.341. The molecule has 0 aliphatic carbocycles. The number of carbonyl (C=O) groups is 1. The van der Waals surface area contributed by atoms with Gasteiger partial charge < -0.3 is 59.3 Å². The number of halogens is 2. The normalized spacial score (nSPS) is 29.7. The minimum atomic E-state index is -4.19. The van der Waals surface area contributed by atoms with Crippen molar-refractivity contribution in [2.24, 2.45) is 5.92 Å². The van der Waals surface area contributed by atoms with E-state index in [0.717, 1.165) is 16.7 Å². The fourth-order valence-electron chi connectivity index (χ4n) is 8.78. The third-order valence-electron chi connectivity index (χ3n) is 13.8. The monoisotopic (exact) mass is 985 g/mol. The van der Waals surface area contributed by atoms with E-state index < -0.39 is 116 Å². The first kappa shape index (κ1) is 51.8. The Morgan fingerprint density at radius 2 is 1.25 bits per heavy atom. The number of aliphatic hydroxyl groups excluding tert-OH is 7. The van der Waals surface area contributed by atoms with E-state index in [2.05, 4.69) is 33.9 Å². The fourth-order valence-corrected chi connectivity index (χ4v) is 11.5. The average molecular weight is 986 g/mol. The smallest absolute Gasteiger partial charge is 0.233 e. The van der Waals surface area contributed by atoms with Crippen molar-refractivity contribution >= 4 is 29.7 Å². The highest BCUT2D eigenvalue weighted by atomic mass is 32.2. The Balaban J connectivity index is 1.05. The first-order valence-electron chi connectivity index (χ1n) is 22.6. The van der Waals surface area contributed by atoms with E-state index in [1.165, 1.54) is 36.4 Å². The van der Waals surface area contributed by atoms with Gasteiger partial charge in [0.2, 0.25) is 5.91 Å². The molecule has 3 aliphatic rings. The Morgan fingerprint density at radius 3 is 1.81 bits per heavy atom. The lowest BCUT2D eigenvalue weighted by Gasteiger charge is -2.48. The van der Waals surface area contributed by atoms with Gasteiger partial charge in [-0.05, 0) is 102 Å². The van der Waals surface area contributed by atoms with Gasteiger partial charge in [-0.1, -0.05) is 69.3 Å². The van der Waals surface area contributed by atoms with Crippen molar-refractivity contribution in [2.75, 3.05) is 23.9 Å². The number of benzene rings is 4. The van der Waals surface area contributed by atoms with E-state index in [0.29, 0.717) is 24.1 Å². The molecule has 3 heterocycles. The van der Waals surface area contributed by atoms with Gasteiger partial charge in [0.25, 0.3) is 0 Å². The summed E-state index contributed by atoms with van der Waals surface area (Å²) in [7, 11) is -6.50. The van der Waals surface area contributed by atoms with Crippen LogP contribution in [0.25, 0.3) is 11.1 Å². The molecular weight excluding hydrogens is 925 g/mol. The van der Waals surface area contributed by atoms with E-state index in [-0.39, 0.29) is 27.8 Å². The van der Waals surface area contributed by atoms with E-state index in [1.807, 2.05) is 24.3 Å². The Morgan fingerprint density at radius 1 is 0.706 bits per heavy atom. The maximum absolute atomic E-state index is 14.0. The number of anilines is 1. The van der Waals surface area contributed by atoms with Crippen molar-refractivity contribution in [3.8, 4) is 11.1 Å². The number of hydrogen-bond donors (Lipinski definition) is 7. The van der Waals surface area contributed by atoms with Gasteiger partial charge in [0.1, 0.15) is 66.6 Å². The number of β-lactam (4-membered cyclic amide) rings is 1. The van der Waals surface area contributed by atoms with Crippen molar-refractivity contribution in [2.45, 2.75) is 130 Å². The van der Waals surface area contributed by atoms with Gasteiger partial charge in [-0.25, -0.2) is 17.2 Å². The van der Waals surface area contributed by atoms with E-state index in [4.69, 9.17) is 18.6 Å². The van der Waals surface area contributed by atoms with Crippen LogP contribution < -0.4 is 4.90 Å². The van der Waals surface area contributed by atoms with Gasteiger partial charge in [-0.15, -0.1) is 0 Å². The molecule has 0 radical (unpaired) electrons. The third-order valence-corrected chi connectivity index (χ3v) is 20.1. The van der Waals surface area contributed by atoms with Crippen LogP contribution in [0.15, 0.2) is 102 Å². The van der Waals surface area contributed by atoms with Crippen molar-refractivity contribution in [1.82, 2.24) is 0 Å². The summed E-state index contributed by atoms with van der Waals surface area (Å²) >= 11 is 0. The molecule has 4 unspecified atom stereocenters. The summed E-state index contributed by atoms with van der Waals surface area (Å²) in [5, 5.41) is 72.2. The number of ether oxygens (including phenoxy) is 3. The predicted molar refractivity (Wildman–Crippen MR) is 247 cm³/mol. The molecule has 370 valence electrons. The van der Waals surface area contributed by atoms with Crippen LogP contribution in [0, 0.1) is 17.6 Å². The van der Waals surface area contributed by atoms with Crippen LogP contribution in [0.5, 0.6) is 0 Å². The first-order chi connectivity index (χ1) is 32.0. The number of aliphatic hydroxyl groups is 7. The van der Waals surface area contributed by atoms with E-state index in [9.17, 15) is 57.7 Å². The first-order valence-corrected chi connectivity index (χ1v) is 27.1. The maximum Gasteiger partial charge on any atom is 0.233 e. The van der Waals surface area contributed by atoms with Crippen LogP contribution in [-0.2, 0) is 33.3 Å². The molecule has 0 spiro atoms. The van der Waals surface area contributed by atoms with Crippen LogP contribution in [-0.4, -0.2) is 139 Å². The molecule has 0 aromatic heterocycles. The Kier molecular flexibility index (Phi) is 15.8. The van der Waals surface area contributed by atoms with Crippen LogP contribution in [0.2, 0.25) is 18.1 Å². The summed E-state index contributed by atoms with van der Waals surface area (Å²) in [5.41, 5.74) is 3.58. The van der Waals surface area contributed by atoms with Crippen LogP contribution in [0.4, 0.5) is 14.5 Å². The number of hydrogen-bond acceptors (Lipinski definition) is 14. The molecule has 3 aliphatic heterocycles. The zero-order chi connectivity index (χ0) is 49.5. The third kappa shape index (κ3) is 10.8. The second-order valence-corrected chi connectivity index (χ2v) is 26.1. The highest BCUT2D eigenvalue weighted by Gasteiger charge is 2.52. The summed E-state index contributed by atoms with van der Waals surface area (Å²) in [6.07, 6.45) is -16.1. The molecule has 4 aromatic carbocycles. The molecular formula is C49H61F2NO14SSi. The Labute approximate surface area is 395 Å². The number of carbonyl (C=O) groups excluding carboxylic acids is 1. The standard InChI is InChI=1S/C49H61F2NO14SSi/c1-49(2,3)68(4,5)66-36(29-10-14-31(50)15-11-29)23-22-35-40(52(47(35)60)33-18-16-32(51)17-19-33)30-8-6-27(7-9-30)28-12-20-34(21-13-28)67(61,62)26-39-42(56)44(58)46(38(25-54)63-39)65-48-45(59)43(57)41(55)37(24-53)64-48/h6-21,35-46,48,53-59H,22-26H2,1-5H3/t35-,36-,37?,38?,39?,40-,41+,42+,43+,44-,45-,46+,48?/m1/s1. The number of rotatable bonds is 16. The molecule has 19 heteroatoms. The molecule has 15 nitrogen and oxygen atoms in total.